The summed E-state index contributed by atoms with van der Waals surface area (Å²) in [6, 6.07) is 0. The molecule has 0 aliphatic rings. The van der Waals surface area contributed by atoms with Crippen molar-refractivity contribution >= 4 is 16.5 Å². The molecule has 0 aliphatic heterocycles. The fraction of sp³-hybridized carbons (Fsp3) is 0.727. The Hall–Kier alpha value is -0.610. The van der Waals surface area contributed by atoms with E-state index >= 15 is 0 Å². The lowest BCUT2D eigenvalue weighted by Gasteiger charge is -2.21. The third kappa shape index (κ3) is 3.18. The number of aliphatic hydroxyl groups is 1. The molecule has 0 saturated carbocycles. The molecule has 0 saturated heterocycles. The quantitative estimate of drug-likeness (QED) is 0.841. The maximum atomic E-state index is 9.12. The maximum absolute atomic E-state index is 9.12. The van der Waals surface area contributed by atoms with E-state index in [4.69, 9.17) is 5.11 Å². The normalized spacial score (nSPS) is 11.1. The molecule has 0 radical (unpaired) electrons. The van der Waals surface area contributed by atoms with Gasteiger partial charge < -0.3 is 10.0 Å². The molecular weight excluding hydrogens is 208 g/mol. The number of aryl methyl sites for hydroxylation is 1. The molecule has 0 aliphatic carbocycles. The number of nitrogens with zero attached hydrogens (tertiary/aromatic N) is 2. The zero-order valence-corrected chi connectivity index (χ0v) is 10.8. The van der Waals surface area contributed by atoms with Gasteiger partial charge in [-0.3, -0.25) is 0 Å². The Bertz CT molecular complexity index is 310. The van der Waals surface area contributed by atoms with Crippen LogP contribution in [0.1, 0.15) is 31.3 Å². The SMILES string of the molecule is CCN(CC(C)C)c1nc(C)c(CO)s1. The van der Waals surface area contributed by atoms with Crippen LogP contribution in [0, 0.1) is 12.8 Å². The molecule has 4 heteroatoms. The highest BCUT2D eigenvalue weighted by atomic mass is 32.1. The van der Waals surface area contributed by atoms with E-state index in [1.807, 2.05) is 6.92 Å². The first-order chi connectivity index (χ1) is 7.08. The van der Waals surface area contributed by atoms with Gasteiger partial charge in [-0.15, -0.1) is 0 Å². The van der Waals surface area contributed by atoms with Crippen molar-refractivity contribution in [2.45, 2.75) is 34.3 Å². The Kier molecular flexibility index (Phi) is 4.54. The van der Waals surface area contributed by atoms with E-state index in [9.17, 15) is 0 Å². The van der Waals surface area contributed by atoms with Gasteiger partial charge in [0.2, 0.25) is 0 Å². The number of rotatable bonds is 5. The van der Waals surface area contributed by atoms with Gasteiger partial charge in [-0.05, 0) is 19.8 Å². The van der Waals surface area contributed by atoms with E-state index in [0.717, 1.165) is 28.8 Å². The monoisotopic (exact) mass is 228 g/mol. The molecular formula is C11H20N2OS. The molecule has 1 N–H and O–H groups in total. The van der Waals surface area contributed by atoms with Crippen molar-refractivity contribution in [3.63, 3.8) is 0 Å². The molecule has 1 aromatic heterocycles. The average molecular weight is 228 g/mol. The van der Waals surface area contributed by atoms with E-state index in [1.165, 1.54) is 0 Å². The van der Waals surface area contributed by atoms with Crippen molar-refractivity contribution in [2.24, 2.45) is 5.92 Å². The van der Waals surface area contributed by atoms with Gasteiger partial charge in [-0.2, -0.15) is 0 Å². The molecule has 0 fully saturated rings. The number of aromatic nitrogens is 1. The van der Waals surface area contributed by atoms with Crippen LogP contribution in [0.15, 0.2) is 0 Å². The molecule has 0 amide bonds. The van der Waals surface area contributed by atoms with Crippen LogP contribution >= 0.6 is 11.3 Å². The van der Waals surface area contributed by atoms with Gasteiger partial charge in [0, 0.05) is 13.1 Å². The van der Waals surface area contributed by atoms with Crippen molar-refractivity contribution in [1.29, 1.82) is 0 Å². The van der Waals surface area contributed by atoms with Crippen molar-refractivity contribution < 1.29 is 5.11 Å². The molecule has 0 aromatic carbocycles. The Morgan fingerprint density at radius 1 is 1.47 bits per heavy atom. The van der Waals surface area contributed by atoms with Gasteiger partial charge in [-0.1, -0.05) is 25.2 Å². The van der Waals surface area contributed by atoms with E-state index in [0.29, 0.717) is 5.92 Å². The fourth-order valence-electron chi connectivity index (χ4n) is 1.48. The summed E-state index contributed by atoms with van der Waals surface area (Å²) in [5.74, 6) is 0.631. The second-order valence-electron chi connectivity index (χ2n) is 4.10. The maximum Gasteiger partial charge on any atom is 0.185 e. The van der Waals surface area contributed by atoms with Crippen LogP contribution in [0.2, 0.25) is 0 Å². The average Bonchev–Trinajstić information content (AvgIpc) is 2.55. The van der Waals surface area contributed by atoms with Gasteiger partial charge in [0.1, 0.15) is 0 Å². The largest absolute Gasteiger partial charge is 0.391 e. The van der Waals surface area contributed by atoms with Crippen LogP contribution in [-0.4, -0.2) is 23.2 Å². The smallest absolute Gasteiger partial charge is 0.185 e. The first kappa shape index (κ1) is 12.5. The molecule has 0 bridgehead atoms. The highest BCUT2D eigenvalue weighted by Gasteiger charge is 2.13. The lowest BCUT2D eigenvalue weighted by molar-refractivity contribution is 0.284. The third-order valence-electron chi connectivity index (χ3n) is 2.26. The molecule has 0 spiro atoms. The predicted molar refractivity (Wildman–Crippen MR) is 65.5 cm³/mol. The summed E-state index contributed by atoms with van der Waals surface area (Å²) in [6.07, 6.45) is 0. The summed E-state index contributed by atoms with van der Waals surface area (Å²) < 4.78 is 0. The first-order valence-corrected chi connectivity index (χ1v) is 6.22. The van der Waals surface area contributed by atoms with Crippen molar-refractivity contribution in [3.05, 3.63) is 10.6 Å². The minimum Gasteiger partial charge on any atom is -0.391 e. The lowest BCUT2D eigenvalue weighted by Crippen LogP contribution is -2.26. The van der Waals surface area contributed by atoms with Crippen LogP contribution in [-0.2, 0) is 6.61 Å². The minimum absolute atomic E-state index is 0.0999. The Morgan fingerprint density at radius 2 is 2.13 bits per heavy atom. The van der Waals surface area contributed by atoms with Crippen molar-refractivity contribution in [1.82, 2.24) is 4.98 Å². The van der Waals surface area contributed by atoms with Gasteiger partial charge in [-0.25, -0.2) is 4.98 Å². The first-order valence-electron chi connectivity index (χ1n) is 5.40. The Morgan fingerprint density at radius 3 is 2.53 bits per heavy atom. The molecule has 1 rings (SSSR count). The topological polar surface area (TPSA) is 36.4 Å². The summed E-state index contributed by atoms with van der Waals surface area (Å²) >= 11 is 1.60. The van der Waals surface area contributed by atoms with Gasteiger partial charge in [0.25, 0.3) is 0 Å². The second kappa shape index (κ2) is 5.47. The molecule has 15 heavy (non-hydrogen) atoms. The van der Waals surface area contributed by atoms with E-state index in [2.05, 4.69) is 30.7 Å². The predicted octanol–water partition coefficient (Wildman–Crippen LogP) is 2.43. The molecule has 1 heterocycles. The van der Waals surface area contributed by atoms with E-state index in [-0.39, 0.29) is 6.61 Å². The summed E-state index contributed by atoms with van der Waals surface area (Å²) in [6.45, 7) is 10.6. The second-order valence-corrected chi connectivity index (χ2v) is 5.16. The third-order valence-corrected chi connectivity index (χ3v) is 3.47. The standard InChI is InChI=1S/C11H20N2OS/c1-5-13(6-8(2)3)11-12-9(4)10(7-14)15-11/h8,14H,5-7H2,1-4H3. The van der Waals surface area contributed by atoms with Crippen LogP contribution in [0.3, 0.4) is 0 Å². The number of thiazole rings is 1. The highest BCUT2D eigenvalue weighted by Crippen LogP contribution is 2.26. The molecule has 1 aromatic rings. The fourth-order valence-corrected chi connectivity index (χ4v) is 2.47. The Balaban J connectivity index is 2.82. The summed E-state index contributed by atoms with van der Waals surface area (Å²) in [5, 5.41) is 10.2. The van der Waals surface area contributed by atoms with Crippen LogP contribution in [0.25, 0.3) is 0 Å². The van der Waals surface area contributed by atoms with Crippen molar-refractivity contribution in [2.75, 3.05) is 18.0 Å². The summed E-state index contributed by atoms with van der Waals surface area (Å²) in [7, 11) is 0. The zero-order valence-electron chi connectivity index (χ0n) is 9.95. The molecule has 86 valence electrons. The van der Waals surface area contributed by atoms with Crippen LogP contribution in [0.4, 0.5) is 5.13 Å². The van der Waals surface area contributed by atoms with E-state index in [1.54, 1.807) is 11.3 Å². The highest BCUT2D eigenvalue weighted by molar-refractivity contribution is 7.15. The number of aliphatic hydroxyl groups excluding tert-OH is 1. The van der Waals surface area contributed by atoms with Crippen LogP contribution in [0.5, 0.6) is 0 Å². The van der Waals surface area contributed by atoms with Gasteiger partial charge >= 0.3 is 0 Å². The molecule has 0 unspecified atom stereocenters. The minimum atomic E-state index is 0.0999. The summed E-state index contributed by atoms with van der Waals surface area (Å²) in [5.41, 5.74) is 0.958. The van der Waals surface area contributed by atoms with Gasteiger partial charge in [0.05, 0.1) is 17.2 Å². The Labute approximate surface area is 95.8 Å². The number of anilines is 1. The van der Waals surface area contributed by atoms with E-state index < -0.39 is 0 Å². The summed E-state index contributed by atoms with van der Waals surface area (Å²) in [4.78, 5) is 7.73. The van der Waals surface area contributed by atoms with Gasteiger partial charge in [0.15, 0.2) is 5.13 Å². The number of hydrogen-bond acceptors (Lipinski definition) is 4. The van der Waals surface area contributed by atoms with Crippen molar-refractivity contribution in [3.8, 4) is 0 Å². The number of hydrogen-bond donors (Lipinski definition) is 1. The zero-order chi connectivity index (χ0) is 11.4. The molecule has 3 nitrogen and oxygen atoms in total. The lowest BCUT2D eigenvalue weighted by atomic mass is 10.2. The van der Waals surface area contributed by atoms with Crippen LogP contribution < -0.4 is 4.90 Å². The molecule has 0 atom stereocenters.